The number of carbonyl (C=O) groups excluding carboxylic acids is 3. The molecule has 1 aliphatic heterocycles. The summed E-state index contributed by atoms with van der Waals surface area (Å²) in [6.07, 6.45) is -0.495. The summed E-state index contributed by atoms with van der Waals surface area (Å²) in [5.41, 5.74) is 4.93. The Bertz CT molecular complexity index is 452. The molecule has 0 aromatic carbocycles. The predicted octanol–water partition coefficient (Wildman–Crippen LogP) is -1.23. The highest BCUT2D eigenvalue weighted by Gasteiger charge is 2.38. The van der Waals surface area contributed by atoms with Crippen LogP contribution in [0.15, 0.2) is 0 Å². The number of nitrogens with zero attached hydrogens (tertiary/aromatic N) is 1. The SMILES string of the molecule is COC(=O)C1CN(C(=O)NC(CC(N)=O)C(=O)O)CC1C. The maximum absolute atomic E-state index is 12.0. The largest absolute Gasteiger partial charge is 0.480 e. The summed E-state index contributed by atoms with van der Waals surface area (Å²) in [6.45, 7) is 2.24. The number of urea groups is 1. The number of aliphatic carboxylic acids is 1. The van der Waals surface area contributed by atoms with Gasteiger partial charge in [-0.3, -0.25) is 9.59 Å². The number of esters is 1. The third kappa shape index (κ3) is 4.33. The van der Waals surface area contributed by atoms with Crippen molar-refractivity contribution in [3.8, 4) is 0 Å². The number of carboxylic acid groups (broad SMARTS) is 1. The van der Waals surface area contributed by atoms with Crippen LogP contribution < -0.4 is 11.1 Å². The van der Waals surface area contributed by atoms with Crippen LogP contribution in [0.3, 0.4) is 0 Å². The van der Waals surface area contributed by atoms with Gasteiger partial charge >= 0.3 is 18.0 Å². The monoisotopic (exact) mass is 301 g/mol. The molecular weight excluding hydrogens is 282 g/mol. The molecule has 0 aromatic rings. The summed E-state index contributed by atoms with van der Waals surface area (Å²) in [4.78, 5) is 46.6. The van der Waals surface area contributed by atoms with Gasteiger partial charge in [0.1, 0.15) is 6.04 Å². The van der Waals surface area contributed by atoms with Crippen LogP contribution in [0.1, 0.15) is 13.3 Å². The normalized spacial score (nSPS) is 22.5. The first-order valence-corrected chi connectivity index (χ1v) is 6.40. The van der Waals surface area contributed by atoms with Crippen molar-refractivity contribution in [1.29, 1.82) is 0 Å². The number of hydrogen-bond acceptors (Lipinski definition) is 5. The molecule has 9 heteroatoms. The summed E-state index contributed by atoms with van der Waals surface area (Å²) in [6, 6.07) is -2.04. The number of nitrogens with one attached hydrogen (secondary N) is 1. The van der Waals surface area contributed by atoms with Crippen molar-refractivity contribution in [2.75, 3.05) is 20.2 Å². The molecule has 0 spiro atoms. The summed E-state index contributed by atoms with van der Waals surface area (Å²) >= 11 is 0. The number of hydrogen-bond donors (Lipinski definition) is 3. The second kappa shape index (κ2) is 6.91. The van der Waals surface area contributed by atoms with Crippen molar-refractivity contribution in [3.05, 3.63) is 0 Å². The molecule has 0 saturated carbocycles. The van der Waals surface area contributed by atoms with Gasteiger partial charge in [0.2, 0.25) is 5.91 Å². The molecule has 1 saturated heterocycles. The Hall–Kier alpha value is -2.32. The standard InChI is InChI=1S/C12H19N3O6/c1-6-4-15(5-7(6)11(19)21-2)12(20)14-8(10(17)18)3-9(13)16/h6-8H,3-5H2,1-2H3,(H2,13,16)(H,14,20)(H,17,18). The van der Waals surface area contributed by atoms with Gasteiger partial charge in [0.15, 0.2) is 0 Å². The van der Waals surface area contributed by atoms with Crippen LogP contribution in [-0.2, 0) is 19.1 Å². The Kier molecular flexibility index (Phi) is 5.51. The lowest BCUT2D eigenvalue weighted by molar-refractivity contribution is -0.146. The van der Waals surface area contributed by atoms with Gasteiger partial charge in [-0.15, -0.1) is 0 Å². The minimum atomic E-state index is -1.39. The molecule has 3 atom stereocenters. The molecule has 3 unspecified atom stereocenters. The molecule has 0 aliphatic carbocycles. The second-order valence-corrected chi connectivity index (χ2v) is 5.02. The molecule has 3 amide bonds. The van der Waals surface area contributed by atoms with Crippen LogP contribution in [0.25, 0.3) is 0 Å². The van der Waals surface area contributed by atoms with E-state index < -0.39 is 42.3 Å². The molecule has 118 valence electrons. The number of rotatable bonds is 5. The van der Waals surface area contributed by atoms with Gasteiger partial charge in [0.05, 0.1) is 19.4 Å². The topological polar surface area (TPSA) is 139 Å². The van der Waals surface area contributed by atoms with E-state index in [2.05, 4.69) is 10.1 Å². The van der Waals surface area contributed by atoms with E-state index in [1.165, 1.54) is 12.0 Å². The number of carboxylic acids is 1. The minimum Gasteiger partial charge on any atom is -0.480 e. The van der Waals surface area contributed by atoms with E-state index in [0.717, 1.165) is 0 Å². The third-order valence-electron chi connectivity index (χ3n) is 3.40. The van der Waals surface area contributed by atoms with Crippen molar-refractivity contribution < 1.29 is 29.0 Å². The number of methoxy groups -OCH3 is 1. The molecule has 21 heavy (non-hydrogen) atoms. The van der Waals surface area contributed by atoms with E-state index in [4.69, 9.17) is 10.8 Å². The Morgan fingerprint density at radius 2 is 2.00 bits per heavy atom. The van der Waals surface area contributed by atoms with E-state index in [-0.39, 0.29) is 12.5 Å². The number of carbonyl (C=O) groups is 4. The molecule has 1 heterocycles. The van der Waals surface area contributed by atoms with Crippen LogP contribution in [0.2, 0.25) is 0 Å². The van der Waals surface area contributed by atoms with Crippen molar-refractivity contribution >= 4 is 23.9 Å². The van der Waals surface area contributed by atoms with Gasteiger partial charge in [-0.2, -0.15) is 0 Å². The minimum absolute atomic E-state index is 0.0948. The Morgan fingerprint density at radius 1 is 1.38 bits per heavy atom. The number of nitrogens with two attached hydrogens (primary N) is 1. The fourth-order valence-electron chi connectivity index (χ4n) is 2.23. The predicted molar refractivity (Wildman–Crippen MR) is 70.0 cm³/mol. The van der Waals surface area contributed by atoms with E-state index >= 15 is 0 Å². The summed E-state index contributed by atoms with van der Waals surface area (Å²) in [7, 11) is 1.27. The van der Waals surface area contributed by atoms with Crippen LogP contribution in [-0.4, -0.2) is 60.1 Å². The summed E-state index contributed by atoms with van der Waals surface area (Å²) < 4.78 is 4.65. The fourth-order valence-corrected chi connectivity index (χ4v) is 2.23. The maximum Gasteiger partial charge on any atom is 0.326 e. The van der Waals surface area contributed by atoms with Gasteiger partial charge in [0.25, 0.3) is 0 Å². The Morgan fingerprint density at radius 3 is 2.48 bits per heavy atom. The van der Waals surface area contributed by atoms with Crippen molar-refractivity contribution in [2.24, 2.45) is 17.6 Å². The van der Waals surface area contributed by atoms with E-state index in [1.54, 1.807) is 6.92 Å². The fraction of sp³-hybridized carbons (Fsp3) is 0.667. The number of ether oxygens (including phenoxy) is 1. The summed E-state index contributed by atoms with van der Waals surface area (Å²) in [5, 5.41) is 11.2. The lowest BCUT2D eigenvalue weighted by atomic mass is 9.99. The van der Waals surface area contributed by atoms with Gasteiger partial charge in [0, 0.05) is 13.1 Å². The zero-order chi connectivity index (χ0) is 16.2. The van der Waals surface area contributed by atoms with Crippen LogP contribution in [0, 0.1) is 11.8 Å². The van der Waals surface area contributed by atoms with Crippen molar-refractivity contribution in [3.63, 3.8) is 0 Å². The molecule has 4 N–H and O–H groups in total. The van der Waals surface area contributed by atoms with E-state index in [1.807, 2.05) is 0 Å². The van der Waals surface area contributed by atoms with E-state index in [9.17, 15) is 19.2 Å². The van der Waals surface area contributed by atoms with Crippen LogP contribution >= 0.6 is 0 Å². The first-order valence-electron chi connectivity index (χ1n) is 6.40. The van der Waals surface area contributed by atoms with E-state index in [0.29, 0.717) is 6.54 Å². The van der Waals surface area contributed by atoms with Crippen molar-refractivity contribution in [1.82, 2.24) is 10.2 Å². The molecule has 9 nitrogen and oxygen atoms in total. The van der Waals surface area contributed by atoms with Crippen LogP contribution in [0.5, 0.6) is 0 Å². The first kappa shape index (κ1) is 16.7. The van der Waals surface area contributed by atoms with Gasteiger partial charge in [-0.25, -0.2) is 9.59 Å². The van der Waals surface area contributed by atoms with Crippen LogP contribution in [0.4, 0.5) is 4.79 Å². The zero-order valence-corrected chi connectivity index (χ0v) is 11.9. The molecular formula is C12H19N3O6. The quantitative estimate of drug-likeness (QED) is 0.543. The zero-order valence-electron chi connectivity index (χ0n) is 11.9. The number of amides is 3. The van der Waals surface area contributed by atoms with Gasteiger partial charge in [-0.05, 0) is 5.92 Å². The summed E-state index contributed by atoms with van der Waals surface area (Å²) in [5.74, 6) is -3.13. The smallest absolute Gasteiger partial charge is 0.326 e. The average Bonchev–Trinajstić information content (AvgIpc) is 2.78. The highest BCUT2D eigenvalue weighted by Crippen LogP contribution is 2.24. The molecule has 0 bridgehead atoms. The Labute approximate surface area is 121 Å². The van der Waals surface area contributed by atoms with Crippen molar-refractivity contribution in [2.45, 2.75) is 19.4 Å². The molecule has 1 fully saturated rings. The van der Waals surface area contributed by atoms with Gasteiger partial charge < -0.3 is 25.8 Å². The second-order valence-electron chi connectivity index (χ2n) is 5.02. The maximum atomic E-state index is 12.0. The highest BCUT2D eigenvalue weighted by molar-refractivity contribution is 5.88. The molecule has 1 rings (SSSR count). The number of primary amides is 1. The lowest BCUT2D eigenvalue weighted by Gasteiger charge is -2.20. The first-order chi connectivity index (χ1) is 9.76. The molecule has 0 radical (unpaired) electrons. The highest BCUT2D eigenvalue weighted by atomic mass is 16.5. The lowest BCUT2D eigenvalue weighted by Crippen LogP contribution is -2.48. The Balaban J connectivity index is 2.65. The molecule has 0 aromatic heterocycles. The average molecular weight is 301 g/mol. The number of likely N-dealkylation sites (tertiary alicyclic amines) is 1. The molecule has 1 aliphatic rings. The third-order valence-corrected chi connectivity index (χ3v) is 3.40. The van der Waals surface area contributed by atoms with Gasteiger partial charge in [-0.1, -0.05) is 6.92 Å².